The number of hydrogen-bond acceptors (Lipinski definition) is 13. The minimum atomic E-state index is -4.81. The number of Topliss-reactive ketones (excluding diaryl/α,β-unsaturated/α-hetero) is 1. The molecule has 1 saturated heterocycles. The molecule has 6 atom stereocenters. The lowest BCUT2D eigenvalue weighted by Gasteiger charge is -2.33. The van der Waals surface area contributed by atoms with E-state index in [0.717, 1.165) is 64.4 Å². The van der Waals surface area contributed by atoms with Crippen molar-refractivity contribution in [1.82, 2.24) is 15.2 Å². The predicted octanol–water partition coefficient (Wildman–Crippen LogP) is 9.98. The van der Waals surface area contributed by atoms with Crippen LogP contribution < -0.4 is 24.6 Å². The number of nitriles is 1. The first-order chi connectivity index (χ1) is 37.8. The van der Waals surface area contributed by atoms with Gasteiger partial charge in [-0.2, -0.15) is 18.4 Å². The van der Waals surface area contributed by atoms with E-state index in [0.29, 0.717) is 34.9 Å². The molecule has 3 heterocycles. The highest BCUT2D eigenvalue weighted by molar-refractivity contribution is 7.81. The van der Waals surface area contributed by atoms with E-state index >= 15 is 0 Å². The number of ketones is 1. The van der Waals surface area contributed by atoms with Crippen molar-refractivity contribution in [3.8, 4) is 28.0 Å². The van der Waals surface area contributed by atoms with Crippen LogP contribution in [0.15, 0.2) is 90.4 Å². The van der Waals surface area contributed by atoms with Crippen LogP contribution in [0.1, 0.15) is 105 Å². The minimum Gasteiger partial charge on any atom is -0.491 e. The van der Waals surface area contributed by atoms with Gasteiger partial charge in [0.25, 0.3) is 11.8 Å². The number of nitrogens with one attached hydrogen (secondary N) is 1. The lowest BCUT2D eigenvalue weighted by atomic mass is 9.83. The summed E-state index contributed by atoms with van der Waals surface area (Å²) in [6, 6.07) is 23.9. The summed E-state index contributed by atoms with van der Waals surface area (Å²) < 4.78 is 66.7. The molecule has 0 radical (unpaired) electrons. The topological polar surface area (TPSA) is 184 Å². The van der Waals surface area contributed by atoms with E-state index in [9.17, 15) is 42.7 Å². The Bertz CT molecular complexity index is 3140. The average molecular weight is 1120 g/mol. The fourth-order valence-electron chi connectivity index (χ4n) is 11.4. The van der Waals surface area contributed by atoms with Gasteiger partial charge in [0, 0.05) is 35.8 Å². The van der Waals surface area contributed by atoms with Gasteiger partial charge in [-0.05, 0) is 130 Å². The number of carbonyl (C=O) groups excluding carboxylic acids is 4. The molecule has 3 unspecified atom stereocenters. The minimum absolute atomic E-state index is 0.0128. The van der Waals surface area contributed by atoms with Gasteiger partial charge in [-0.1, -0.05) is 57.0 Å². The second-order valence-corrected chi connectivity index (χ2v) is 22.5. The molecular formula is C59H63F3N6O9S2. The van der Waals surface area contributed by atoms with Crippen LogP contribution in [0.25, 0.3) is 10.4 Å². The standard InChI is InChI=1S/C59H63F3N6O9S2/c1-34(2)51(66-32-39-10-6-7-11-44(39)55(66)72)52(70)45-28-42(69)29-46(45)54(71)64-31-38-15-14-36(53-35(3)65-33-79-53)26-50(38)77-25-24-76-49-13-9-8-12-48(49)75-23-22-74-43-20-18-40(19-21-43)68-57(78)67(56(73)58(68,4)5)41-17-16-37(30-63)47(27-41)59(60,61)62/h6-7,10-11,14-21,26-27,33-34,42,45-46,48-49,51,69H,8-9,12-13,22-25,28-29,31-32H2,1-5H3,(H,64,71)/t42-,45?,46+,48?,49?,51-/m0/s1. The average Bonchev–Trinajstić information content (AvgIpc) is 4.32. The molecule has 416 valence electrons. The Morgan fingerprint density at radius 3 is 2.23 bits per heavy atom. The number of ether oxygens (including phenoxy) is 4. The third kappa shape index (κ3) is 12.1. The maximum absolute atomic E-state index is 14.4. The van der Waals surface area contributed by atoms with Crippen molar-refractivity contribution in [2.45, 2.75) is 122 Å². The summed E-state index contributed by atoms with van der Waals surface area (Å²) in [6.07, 6.45) is -2.20. The second kappa shape index (κ2) is 23.9. The van der Waals surface area contributed by atoms with Gasteiger partial charge in [0.15, 0.2) is 10.9 Å². The number of carbonyl (C=O) groups is 4. The molecular weight excluding hydrogens is 1060 g/mol. The van der Waals surface area contributed by atoms with Crippen LogP contribution in [0.2, 0.25) is 0 Å². The van der Waals surface area contributed by atoms with Gasteiger partial charge in [-0.3, -0.25) is 24.1 Å². The Balaban J connectivity index is 0.779. The molecule has 15 nitrogen and oxygen atoms in total. The number of thiocarbonyl (C=S) groups is 1. The van der Waals surface area contributed by atoms with Gasteiger partial charge >= 0.3 is 6.18 Å². The zero-order valence-electron chi connectivity index (χ0n) is 44.6. The number of aromatic nitrogens is 1. The predicted molar refractivity (Wildman–Crippen MR) is 294 cm³/mol. The Hall–Kier alpha value is -6.76. The number of benzene rings is 4. The van der Waals surface area contributed by atoms with Crippen LogP contribution in [0.5, 0.6) is 11.5 Å². The van der Waals surface area contributed by atoms with Gasteiger partial charge < -0.3 is 39.2 Å². The fourth-order valence-corrected chi connectivity index (χ4v) is 12.7. The van der Waals surface area contributed by atoms with Crippen LogP contribution in [-0.2, 0) is 43.1 Å². The maximum Gasteiger partial charge on any atom is 0.417 e. The molecule has 4 aliphatic rings. The molecule has 2 aliphatic carbocycles. The molecule has 2 N–H and O–H groups in total. The van der Waals surface area contributed by atoms with E-state index in [1.54, 1.807) is 71.6 Å². The van der Waals surface area contributed by atoms with E-state index in [-0.39, 0.29) is 92.3 Å². The normalized spacial score (nSPS) is 21.4. The number of hydrogen-bond donors (Lipinski definition) is 2. The molecule has 79 heavy (non-hydrogen) atoms. The highest BCUT2D eigenvalue weighted by Crippen LogP contribution is 2.42. The zero-order valence-corrected chi connectivity index (χ0v) is 46.2. The number of amides is 3. The largest absolute Gasteiger partial charge is 0.491 e. The monoisotopic (exact) mass is 1120 g/mol. The molecule has 0 spiro atoms. The summed E-state index contributed by atoms with van der Waals surface area (Å²) in [5, 5.41) is 23.2. The fraction of sp³-hybridized carbons (Fsp3) is 0.441. The Morgan fingerprint density at radius 2 is 1.58 bits per heavy atom. The molecule has 1 aromatic heterocycles. The number of rotatable bonds is 20. The van der Waals surface area contributed by atoms with Crippen LogP contribution in [0, 0.1) is 36.0 Å². The number of aryl methyl sites for hydroxylation is 1. The number of fused-ring (bicyclic) bond motifs is 1. The summed E-state index contributed by atoms with van der Waals surface area (Å²) in [7, 11) is 0. The number of nitrogens with zero attached hydrogens (tertiary/aromatic N) is 5. The number of alkyl halides is 3. The van der Waals surface area contributed by atoms with Crippen molar-refractivity contribution in [2.24, 2.45) is 17.8 Å². The highest BCUT2D eigenvalue weighted by atomic mass is 32.1. The van der Waals surface area contributed by atoms with Gasteiger partial charge in [-0.25, -0.2) is 4.98 Å². The molecule has 20 heteroatoms. The van der Waals surface area contributed by atoms with Crippen LogP contribution in [-0.4, -0.2) is 99.9 Å². The van der Waals surface area contributed by atoms with Crippen molar-refractivity contribution in [1.29, 1.82) is 5.26 Å². The third-order valence-electron chi connectivity index (χ3n) is 15.3. The summed E-state index contributed by atoms with van der Waals surface area (Å²) >= 11 is 7.20. The quantitative estimate of drug-likeness (QED) is 0.0555. The Labute approximate surface area is 466 Å². The van der Waals surface area contributed by atoms with E-state index in [4.69, 9.17) is 31.2 Å². The van der Waals surface area contributed by atoms with E-state index in [2.05, 4.69) is 10.3 Å². The summed E-state index contributed by atoms with van der Waals surface area (Å²) in [4.78, 5) is 65.4. The van der Waals surface area contributed by atoms with E-state index < -0.39 is 52.7 Å². The Kier molecular flexibility index (Phi) is 17.2. The van der Waals surface area contributed by atoms with Crippen molar-refractivity contribution in [3.63, 3.8) is 0 Å². The SMILES string of the molecule is Cc1ncsc1-c1ccc(CNC(=O)[C@@H]2C[C@@H](O)CC2C(=O)[C@H](C(C)C)N2Cc3ccccc3C2=O)c(OCCOC2CCCCC2OCCOc2ccc(N3C(=S)N(c4ccc(C#N)c(C(F)(F)F)c4)C(=O)C3(C)C)cc2)c1. The third-order valence-corrected chi connectivity index (χ3v) is 16.7. The maximum atomic E-state index is 14.4. The van der Waals surface area contributed by atoms with Crippen molar-refractivity contribution in [2.75, 3.05) is 36.2 Å². The van der Waals surface area contributed by atoms with Crippen molar-refractivity contribution >= 4 is 63.5 Å². The van der Waals surface area contributed by atoms with Crippen LogP contribution in [0.4, 0.5) is 24.5 Å². The molecule has 9 rings (SSSR count). The number of thiazole rings is 1. The molecule has 2 aliphatic heterocycles. The van der Waals surface area contributed by atoms with Crippen molar-refractivity contribution in [3.05, 3.63) is 124 Å². The van der Waals surface area contributed by atoms with E-state index in [1.807, 2.05) is 51.1 Å². The zero-order chi connectivity index (χ0) is 56.3. The number of aliphatic hydroxyl groups excluding tert-OH is 1. The lowest BCUT2D eigenvalue weighted by Crippen LogP contribution is -2.49. The number of aliphatic hydroxyl groups is 1. The smallest absolute Gasteiger partial charge is 0.417 e. The number of anilines is 2. The first-order valence-electron chi connectivity index (χ1n) is 26.6. The molecule has 0 bridgehead atoms. The molecule has 5 aromatic rings. The van der Waals surface area contributed by atoms with Gasteiger partial charge in [0.1, 0.15) is 30.3 Å². The summed E-state index contributed by atoms with van der Waals surface area (Å²) in [5.74, 6) is -1.99. The van der Waals surface area contributed by atoms with Gasteiger partial charge in [0.2, 0.25) is 5.91 Å². The van der Waals surface area contributed by atoms with Gasteiger partial charge in [-0.15, -0.1) is 11.3 Å². The first kappa shape index (κ1) is 56.9. The summed E-state index contributed by atoms with van der Waals surface area (Å²) in [6.45, 7) is 10.4. The Morgan fingerprint density at radius 1 is 0.911 bits per heavy atom. The first-order valence-corrected chi connectivity index (χ1v) is 27.9. The summed E-state index contributed by atoms with van der Waals surface area (Å²) in [5.41, 5.74) is 3.19. The molecule has 2 saturated carbocycles. The van der Waals surface area contributed by atoms with Gasteiger partial charge in [0.05, 0.1) is 82.5 Å². The highest BCUT2D eigenvalue weighted by Gasteiger charge is 2.51. The van der Waals surface area contributed by atoms with Crippen molar-refractivity contribution < 1.29 is 56.4 Å². The number of halogens is 3. The second-order valence-electron chi connectivity index (χ2n) is 21.3. The molecule has 3 amide bonds. The molecule has 4 aromatic carbocycles. The van der Waals surface area contributed by atoms with E-state index in [1.165, 1.54) is 17.4 Å². The molecule has 3 fully saturated rings. The van der Waals surface area contributed by atoms with Crippen LogP contribution in [0.3, 0.4) is 0 Å². The lowest BCUT2D eigenvalue weighted by molar-refractivity contribution is -0.137. The van der Waals surface area contributed by atoms with Crippen LogP contribution >= 0.6 is 23.6 Å².